The van der Waals surface area contributed by atoms with Gasteiger partial charge in [0.2, 0.25) is 5.91 Å². The van der Waals surface area contributed by atoms with Gasteiger partial charge in [0.05, 0.1) is 11.4 Å². The minimum atomic E-state index is -0.447. The van der Waals surface area contributed by atoms with E-state index in [1.54, 1.807) is 22.8 Å². The Morgan fingerprint density at radius 2 is 1.94 bits per heavy atom. The molecule has 0 saturated heterocycles. The molecule has 0 saturated carbocycles. The number of hydrogen-bond donors (Lipinski definition) is 1. The predicted octanol–water partition coefficient (Wildman–Crippen LogP) is 4.48. The Morgan fingerprint density at radius 1 is 1.16 bits per heavy atom. The highest BCUT2D eigenvalue weighted by molar-refractivity contribution is 7.99. The second-order valence-electron chi connectivity index (χ2n) is 6.42. The van der Waals surface area contributed by atoms with E-state index in [4.69, 9.17) is 4.74 Å². The molecule has 0 aliphatic rings. The maximum Gasteiger partial charge on any atom is 0.236 e. The number of para-hydroxylation sites is 2. The topological polar surface area (TPSA) is 81.9 Å². The first-order valence-corrected chi connectivity index (χ1v) is 11.2. The minimum Gasteiger partial charge on any atom is -0.483 e. The van der Waals surface area contributed by atoms with Crippen LogP contribution >= 0.6 is 23.1 Å². The Balaban J connectivity index is 1.50. The quantitative estimate of drug-likeness (QED) is 0.395. The van der Waals surface area contributed by atoms with Gasteiger partial charge in [0, 0.05) is 11.1 Å². The van der Waals surface area contributed by atoms with Crippen LogP contribution in [-0.2, 0) is 11.4 Å². The van der Waals surface area contributed by atoms with Crippen molar-refractivity contribution in [2.24, 2.45) is 0 Å². The maximum absolute atomic E-state index is 13.9. The first-order chi connectivity index (χ1) is 15.1. The zero-order valence-corrected chi connectivity index (χ0v) is 18.1. The molecule has 0 aliphatic heterocycles. The lowest BCUT2D eigenvalue weighted by Crippen LogP contribution is -2.14. The van der Waals surface area contributed by atoms with Crippen LogP contribution in [0.15, 0.2) is 65.1 Å². The molecule has 0 atom stereocenters. The fourth-order valence-corrected chi connectivity index (χ4v) is 4.20. The van der Waals surface area contributed by atoms with E-state index >= 15 is 0 Å². The predicted molar refractivity (Wildman–Crippen MR) is 118 cm³/mol. The molecule has 10 heteroatoms. The van der Waals surface area contributed by atoms with Gasteiger partial charge in [0.15, 0.2) is 27.7 Å². The van der Waals surface area contributed by atoms with E-state index in [0.717, 1.165) is 11.4 Å². The van der Waals surface area contributed by atoms with Crippen molar-refractivity contribution in [1.29, 1.82) is 0 Å². The largest absolute Gasteiger partial charge is 0.483 e. The minimum absolute atomic E-state index is 0.0218. The Labute approximate surface area is 186 Å². The molecule has 2 heterocycles. The number of nitrogens with one attached hydrogen (secondary N) is 1. The molecule has 7 nitrogen and oxygen atoms in total. The summed E-state index contributed by atoms with van der Waals surface area (Å²) in [4.78, 5) is 16.5. The number of benzene rings is 2. The molecule has 1 N–H and O–H groups in total. The van der Waals surface area contributed by atoms with Gasteiger partial charge in [-0.1, -0.05) is 42.1 Å². The van der Waals surface area contributed by atoms with Crippen LogP contribution < -0.4 is 10.1 Å². The first kappa shape index (κ1) is 21.0. The molecule has 2 aromatic heterocycles. The number of halogens is 1. The summed E-state index contributed by atoms with van der Waals surface area (Å²) < 4.78 is 21.3. The lowest BCUT2D eigenvalue weighted by atomic mass is 10.3. The number of thioether (sulfide) groups is 1. The van der Waals surface area contributed by atoms with Gasteiger partial charge in [-0.05, 0) is 31.2 Å². The van der Waals surface area contributed by atoms with E-state index in [1.165, 1.54) is 29.2 Å². The highest BCUT2D eigenvalue weighted by Gasteiger charge is 2.17. The Morgan fingerprint density at radius 3 is 2.68 bits per heavy atom. The number of nitrogens with zero attached hydrogens (tertiary/aromatic N) is 4. The highest BCUT2D eigenvalue weighted by Crippen LogP contribution is 2.24. The second kappa shape index (κ2) is 9.71. The number of carbonyl (C=O) groups excluding carboxylic acids is 1. The number of amides is 1. The molecule has 0 aliphatic carbocycles. The number of hydrogen-bond acceptors (Lipinski definition) is 7. The number of ether oxygens (including phenoxy) is 1. The standard InChI is InChI=1S/C21H18FN5O2S2/c1-14-12-30-20(23-14)24-19(28)13-31-21-26-25-18(27(21)15-7-3-2-4-8-15)11-29-17-10-6-5-9-16(17)22/h2-10,12H,11,13H2,1H3,(H,23,24,28). The van der Waals surface area contributed by atoms with E-state index in [2.05, 4.69) is 20.5 Å². The third-order valence-electron chi connectivity index (χ3n) is 4.11. The van der Waals surface area contributed by atoms with E-state index < -0.39 is 5.82 Å². The molecule has 0 fully saturated rings. The summed E-state index contributed by atoms with van der Waals surface area (Å²) in [5.74, 6) is 0.131. The lowest BCUT2D eigenvalue weighted by Gasteiger charge is -2.11. The number of aromatic nitrogens is 4. The molecule has 1 amide bonds. The normalized spacial score (nSPS) is 10.8. The summed E-state index contributed by atoms with van der Waals surface area (Å²) in [7, 11) is 0. The van der Waals surface area contributed by atoms with Gasteiger partial charge in [0.25, 0.3) is 0 Å². The molecule has 0 spiro atoms. The van der Waals surface area contributed by atoms with Gasteiger partial charge >= 0.3 is 0 Å². The Bertz CT molecular complexity index is 1180. The monoisotopic (exact) mass is 455 g/mol. The fraction of sp³-hybridized carbons (Fsp3) is 0.143. The summed E-state index contributed by atoms with van der Waals surface area (Å²) in [5.41, 5.74) is 1.68. The summed E-state index contributed by atoms with van der Waals surface area (Å²) in [5, 5.41) is 14.2. The van der Waals surface area contributed by atoms with Crippen molar-refractivity contribution in [1.82, 2.24) is 19.7 Å². The van der Waals surface area contributed by atoms with Crippen LogP contribution in [0.2, 0.25) is 0 Å². The molecule has 4 rings (SSSR count). The van der Waals surface area contributed by atoms with Crippen molar-refractivity contribution in [3.63, 3.8) is 0 Å². The van der Waals surface area contributed by atoms with Crippen molar-refractivity contribution in [3.05, 3.63) is 77.3 Å². The van der Waals surface area contributed by atoms with Crippen LogP contribution in [0.3, 0.4) is 0 Å². The average Bonchev–Trinajstić information content (AvgIpc) is 3.38. The Kier molecular flexibility index (Phi) is 6.58. The number of thiazole rings is 1. The van der Waals surface area contributed by atoms with Gasteiger partial charge < -0.3 is 10.1 Å². The smallest absolute Gasteiger partial charge is 0.236 e. The van der Waals surface area contributed by atoms with Gasteiger partial charge in [-0.15, -0.1) is 21.5 Å². The van der Waals surface area contributed by atoms with E-state index in [-0.39, 0.29) is 24.0 Å². The summed E-state index contributed by atoms with van der Waals surface area (Å²) in [6.07, 6.45) is 0. The van der Waals surface area contributed by atoms with Crippen LogP contribution in [0.5, 0.6) is 5.75 Å². The molecular weight excluding hydrogens is 437 g/mol. The molecule has 0 unspecified atom stereocenters. The van der Waals surface area contributed by atoms with Crippen LogP contribution in [0.1, 0.15) is 11.5 Å². The van der Waals surface area contributed by atoms with Crippen LogP contribution in [0, 0.1) is 12.7 Å². The number of aryl methyl sites for hydroxylation is 1. The second-order valence-corrected chi connectivity index (χ2v) is 8.22. The van der Waals surface area contributed by atoms with Crippen molar-refractivity contribution in [2.75, 3.05) is 11.1 Å². The third-order valence-corrected chi connectivity index (χ3v) is 5.91. The van der Waals surface area contributed by atoms with Crippen LogP contribution in [-0.4, -0.2) is 31.4 Å². The van der Waals surface area contributed by atoms with Crippen molar-refractivity contribution in [3.8, 4) is 11.4 Å². The van der Waals surface area contributed by atoms with Crippen LogP contribution in [0.4, 0.5) is 9.52 Å². The SMILES string of the molecule is Cc1csc(NC(=O)CSc2nnc(COc3ccccc3F)n2-c2ccccc2)n1. The number of anilines is 1. The van der Waals surface area contributed by atoms with Gasteiger partial charge in [-0.3, -0.25) is 9.36 Å². The van der Waals surface area contributed by atoms with Crippen LogP contribution in [0.25, 0.3) is 5.69 Å². The maximum atomic E-state index is 13.9. The fourth-order valence-electron chi connectivity index (χ4n) is 2.72. The van der Waals surface area contributed by atoms with Crippen molar-refractivity contribution < 1.29 is 13.9 Å². The number of rotatable bonds is 8. The summed E-state index contributed by atoms with van der Waals surface area (Å²) in [6, 6.07) is 15.7. The molecule has 0 radical (unpaired) electrons. The summed E-state index contributed by atoms with van der Waals surface area (Å²) in [6.45, 7) is 1.89. The van der Waals surface area contributed by atoms with E-state index in [0.29, 0.717) is 16.1 Å². The van der Waals surface area contributed by atoms with E-state index in [9.17, 15) is 9.18 Å². The Hall–Kier alpha value is -3.24. The summed E-state index contributed by atoms with van der Waals surface area (Å²) >= 11 is 2.62. The first-order valence-electron chi connectivity index (χ1n) is 9.32. The lowest BCUT2D eigenvalue weighted by molar-refractivity contribution is -0.113. The van der Waals surface area contributed by atoms with Gasteiger partial charge in [-0.25, -0.2) is 9.37 Å². The highest BCUT2D eigenvalue weighted by atomic mass is 32.2. The molecule has 31 heavy (non-hydrogen) atoms. The average molecular weight is 456 g/mol. The molecule has 2 aromatic carbocycles. The molecular formula is C21H18FN5O2S2. The van der Waals surface area contributed by atoms with Gasteiger partial charge in [-0.2, -0.15) is 0 Å². The van der Waals surface area contributed by atoms with Crippen molar-refractivity contribution >= 4 is 34.1 Å². The number of carbonyl (C=O) groups is 1. The van der Waals surface area contributed by atoms with Crippen molar-refractivity contribution in [2.45, 2.75) is 18.7 Å². The van der Waals surface area contributed by atoms with Gasteiger partial charge in [0.1, 0.15) is 6.61 Å². The zero-order valence-electron chi connectivity index (χ0n) is 16.5. The van der Waals surface area contributed by atoms with E-state index in [1.807, 2.05) is 42.6 Å². The third kappa shape index (κ3) is 5.28. The molecule has 0 bridgehead atoms. The zero-order chi connectivity index (χ0) is 21.6. The molecule has 158 valence electrons. The molecule has 4 aromatic rings.